The van der Waals surface area contributed by atoms with Gasteiger partial charge in [-0.05, 0) is 6.42 Å². The fourth-order valence-electron chi connectivity index (χ4n) is 1.49. The van der Waals surface area contributed by atoms with Crippen molar-refractivity contribution in [3.05, 3.63) is 18.0 Å². The van der Waals surface area contributed by atoms with Crippen LogP contribution in [0.25, 0.3) is 0 Å². The average molecular weight is 224 g/mol. The summed E-state index contributed by atoms with van der Waals surface area (Å²) in [5.41, 5.74) is 1.12. The Bertz CT molecular complexity index is 346. The second kappa shape index (κ2) is 5.65. The topological polar surface area (TPSA) is 50.2 Å². The van der Waals surface area contributed by atoms with Crippen LogP contribution in [-0.2, 0) is 11.8 Å². The Kier molecular flexibility index (Phi) is 4.49. The molecule has 16 heavy (non-hydrogen) atoms. The van der Waals surface area contributed by atoms with Crippen LogP contribution in [-0.4, -0.2) is 41.2 Å². The molecule has 0 saturated carbocycles. The molecule has 0 fully saturated rings. The lowest BCUT2D eigenvalue weighted by atomic mass is 10.1. The standard InChI is InChI=1S/C11H20N4O/c1-5-10(9-6-13-15(4)8-9)12-7-11(16)14(2)3/h6,8,10,12H,5,7H2,1-4H3. The third kappa shape index (κ3) is 3.34. The van der Waals surface area contributed by atoms with Crippen molar-refractivity contribution in [2.75, 3.05) is 20.6 Å². The smallest absolute Gasteiger partial charge is 0.236 e. The number of hydrogen-bond acceptors (Lipinski definition) is 3. The van der Waals surface area contributed by atoms with E-state index in [1.165, 1.54) is 0 Å². The highest BCUT2D eigenvalue weighted by molar-refractivity contribution is 5.77. The van der Waals surface area contributed by atoms with Crippen molar-refractivity contribution in [2.24, 2.45) is 7.05 Å². The van der Waals surface area contributed by atoms with E-state index in [1.807, 2.05) is 19.4 Å². The lowest BCUT2D eigenvalue weighted by molar-refractivity contribution is -0.127. The fourth-order valence-corrected chi connectivity index (χ4v) is 1.49. The Morgan fingerprint density at radius 3 is 2.75 bits per heavy atom. The van der Waals surface area contributed by atoms with E-state index in [-0.39, 0.29) is 11.9 Å². The van der Waals surface area contributed by atoms with Gasteiger partial charge < -0.3 is 10.2 Å². The van der Waals surface area contributed by atoms with Crippen LogP contribution < -0.4 is 5.32 Å². The molecule has 1 N–H and O–H groups in total. The van der Waals surface area contributed by atoms with Crippen molar-refractivity contribution in [2.45, 2.75) is 19.4 Å². The lowest BCUT2D eigenvalue weighted by Gasteiger charge is -2.17. The maximum atomic E-state index is 11.4. The normalized spacial score (nSPS) is 12.5. The SMILES string of the molecule is CCC(NCC(=O)N(C)C)c1cnn(C)c1. The van der Waals surface area contributed by atoms with Crippen LogP contribution in [0.2, 0.25) is 0 Å². The van der Waals surface area contributed by atoms with Gasteiger partial charge in [-0.1, -0.05) is 6.92 Å². The summed E-state index contributed by atoms with van der Waals surface area (Å²) in [6.45, 7) is 2.45. The molecule has 1 unspecified atom stereocenters. The van der Waals surface area contributed by atoms with Crippen LogP contribution in [0, 0.1) is 0 Å². The minimum absolute atomic E-state index is 0.0855. The zero-order valence-electron chi connectivity index (χ0n) is 10.4. The van der Waals surface area contributed by atoms with Crippen LogP contribution in [0.1, 0.15) is 24.9 Å². The third-order valence-corrected chi connectivity index (χ3v) is 2.53. The Morgan fingerprint density at radius 2 is 2.31 bits per heavy atom. The first-order valence-corrected chi connectivity index (χ1v) is 5.46. The maximum Gasteiger partial charge on any atom is 0.236 e. The van der Waals surface area contributed by atoms with Gasteiger partial charge in [0.1, 0.15) is 0 Å². The summed E-state index contributed by atoms with van der Waals surface area (Å²) in [6.07, 6.45) is 4.75. The summed E-state index contributed by atoms with van der Waals surface area (Å²) in [5, 5.41) is 7.36. The van der Waals surface area contributed by atoms with Gasteiger partial charge in [0.15, 0.2) is 0 Å². The first-order valence-electron chi connectivity index (χ1n) is 5.46. The highest BCUT2D eigenvalue weighted by Gasteiger charge is 2.12. The summed E-state index contributed by atoms with van der Waals surface area (Å²) in [4.78, 5) is 13.0. The molecule has 0 aliphatic heterocycles. The number of aryl methyl sites for hydroxylation is 1. The van der Waals surface area contributed by atoms with Crippen LogP contribution in [0.15, 0.2) is 12.4 Å². The molecule has 90 valence electrons. The summed E-state index contributed by atoms with van der Waals surface area (Å²) in [7, 11) is 5.41. The van der Waals surface area contributed by atoms with Gasteiger partial charge in [0.2, 0.25) is 5.91 Å². The van der Waals surface area contributed by atoms with Crippen molar-refractivity contribution >= 4 is 5.91 Å². The van der Waals surface area contributed by atoms with E-state index in [0.29, 0.717) is 6.54 Å². The van der Waals surface area contributed by atoms with Crippen molar-refractivity contribution in [1.82, 2.24) is 20.0 Å². The molecule has 0 aromatic carbocycles. The molecule has 1 aromatic heterocycles. The van der Waals surface area contributed by atoms with Gasteiger partial charge in [-0.25, -0.2) is 0 Å². The lowest BCUT2D eigenvalue weighted by Crippen LogP contribution is -2.34. The Balaban J connectivity index is 2.53. The van der Waals surface area contributed by atoms with Gasteiger partial charge in [0.05, 0.1) is 12.7 Å². The van der Waals surface area contributed by atoms with E-state index in [0.717, 1.165) is 12.0 Å². The molecule has 5 nitrogen and oxygen atoms in total. The molecule has 1 rings (SSSR count). The molecular weight excluding hydrogens is 204 g/mol. The largest absolute Gasteiger partial charge is 0.348 e. The van der Waals surface area contributed by atoms with Crippen molar-refractivity contribution in [3.63, 3.8) is 0 Å². The van der Waals surface area contributed by atoms with Gasteiger partial charge in [-0.2, -0.15) is 5.10 Å². The van der Waals surface area contributed by atoms with Gasteiger partial charge in [-0.15, -0.1) is 0 Å². The first kappa shape index (κ1) is 12.7. The molecule has 0 bridgehead atoms. The molecule has 0 spiro atoms. The number of nitrogens with zero attached hydrogens (tertiary/aromatic N) is 3. The van der Waals surface area contributed by atoms with Gasteiger partial charge >= 0.3 is 0 Å². The number of likely N-dealkylation sites (N-methyl/N-ethyl adjacent to an activating group) is 1. The summed E-state index contributed by atoms with van der Waals surface area (Å²) in [5.74, 6) is 0.0855. The Labute approximate surface area is 96.4 Å². The third-order valence-electron chi connectivity index (χ3n) is 2.53. The van der Waals surface area contributed by atoms with Gasteiger partial charge in [0.25, 0.3) is 0 Å². The summed E-state index contributed by atoms with van der Waals surface area (Å²) < 4.78 is 1.77. The zero-order valence-corrected chi connectivity index (χ0v) is 10.4. The Morgan fingerprint density at radius 1 is 1.62 bits per heavy atom. The second-order valence-electron chi connectivity index (χ2n) is 4.08. The molecule has 1 heterocycles. The van der Waals surface area contributed by atoms with Crippen molar-refractivity contribution in [1.29, 1.82) is 0 Å². The van der Waals surface area contributed by atoms with Crippen LogP contribution >= 0.6 is 0 Å². The van der Waals surface area contributed by atoms with Crippen LogP contribution in [0.5, 0.6) is 0 Å². The molecular formula is C11H20N4O. The van der Waals surface area contributed by atoms with E-state index >= 15 is 0 Å². The van der Waals surface area contributed by atoms with Crippen LogP contribution in [0.3, 0.4) is 0 Å². The number of carbonyl (C=O) groups excluding carboxylic acids is 1. The van der Waals surface area contributed by atoms with Crippen LogP contribution in [0.4, 0.5) is 0 Å². The van der Waals surface area contributed by atoms with Gasteiger partial charge in [0, 0.05) is 38.9 Å². The zero-order chi connectivity index (χ0) is 12.1. The highest BCUT2D eigenvalue weighted by Crippen LogP contribution is 2.14. The molecule has 0 saturated heterocycles. The number of carbonyl (C=O) groups is 1. The van der Waals surface area contributed by atoms with Crippen molar-refractivity contribution in [3.8, 4) is 0 Å². The number of amides is 1. The minimum Gasteiger partial charge on any atom is -0.348 e. The van der Waals surface area contributed by atoms with E-state index in [1.54, 1.807) is 23.7 Å². The monoisotopic (exact) mass is 224 g/mol. The summed E-state index contributed by atoms with van der Waals surface area (Å²) >= 11 is 0. The van der Waals surface area contributed by atoms with Crippen molar-refractivity contribution < 1.29 is 4.79 Å². The van der Waals surface area contributed by atoms with E-state index in [4.69, 9.17) is 0 Å². The van der Waals surface area contributed by atoms with Gasteiger partial charge in [-0.3, -0.25) is 9.48 Å². The molecule has 1 amide bonds. The van der Waals surface area contributed by atoms with E-state index in [2.05, 4.69) is 17.3 Å². The van der Waals surface area contributed by atoms with E-state index < -0.39 is 0 Å². The number of hydrogen-bond donors (Lipinski definition) is 1. The number of rotatable bonds is 5. The fraction of sp³-hybridized carbons (Fsp3) is 0.636. The average Bonchev–Trinajstić information content (AvgIpc) is 2.65. The quantitative estimate of drug-likeness (QED) is 0.794. The molecule has 1 atom stereocenters. The highest BCUT2D eigenvalue weighted by atomic mass is 16.2. The predicted octanol–water partition coefficient (Wildman–Crippen LogP) is 0.549. The number of aromatic nitrogens is 2. The predicted molar refractivity (Wildman–Crippen MR) is 62.9 cm³/mol. The molecule has 0 aliphatic rings. The number of nitrogens with one attached hydrogen (secondary N) is 1. The maximum absolute atomic E-state index is 11.4. The minimum atomic E-state index is 0.0855. The molecule has 0 aliphatic carbocycles. The Hall–Kier alpha value is -1.36. The molecule has 0 radical (unpaired) electrons. The summed E-state index contributed by atoms with van der Waals surface area (Å²) in [6, 6.07) is 0.192. The van der Waals surface area contributed by atoms with E-state index in [9.17, 15) is 4.79 Å². The molecule has 5 heteroatoms. The second-order valence-corrected chi connectivity index (χ2v) is 4.08. The first-order chi connectivity index (χ1) is 7.54. The molecule has 1 aromatic rings.